The van der Waals surface area contributed by atoms with Gasteiger partial charge in [0.1, 0.15) is 5.82 Å². The quantitative estimate of drug-likeness (QED) is 0.573. The molecule has 0 aromatic carbocycles. The lowest BCUT2D eigenvalue weighted by molar-refractivity contribution is -0.524. The van der Waals surface area contributed by atoms with Gasteiger partial charge in [-0.1, -0.05) is 6.07 Å². The van der Waals surface area contributed by atoms with E-state index in [0.29, 0.717) is 13.0 Å². The molecule has 6 nitrogen and oxygen atoms in total. The lowest BCUT2D eigenvalue weighted by Crippen LogP contribution is -2.54. The summed E-state index contributed by atoms with van der Waals surface area (Å²) >= 11 is 0. The molecule has 1 fully saturated rings. The van der Waals surface area contributed by atoms with Gasteiger partial charge in [0.05, 0.1) is 12.6 Å². The first kappa shape index (κ1) is 10.8. The highest BCUT2D eigenvalue weighted by Crippen LogP contribution is 2.17. The van der Waals surface area contributed by atoms with Crippen LogP contribution >= 0.6 is 0 Å². The SMILES string of the molecule is NC1CCN(c2ccccn2)CC1[N+](=O)[O-]. The van der Waals surface area contributed by atoms with Crippen molar-refractivity contribution in [2.45, 2.75) is 18.5 Å². The fourth-order valence-corrected chi connectivity index (χ4v) is 1.92. The van der Waals surface area contributed by atoms with E-state index in [1.807, 2.05) is 23.1 Å². The minimum atomic E-state index is -0.698. The summed E-state index contributed by atoms with van der Waals surface area (Å²) in [4.78, 5) is 16.6. The number of anilines is 1. The Labute approximate surface area is 93.2 Å². The van der Waals surface area contributed by atoms with Crippen LogP contribution < -0.4 is 10.6 Å². The van der Waals surface area contributed by atoms with E-state index in [2.05, 4.69) is 4.98 Å². The molecule has 16 heavy (non-hydrogen) atoms. The molecule has 2 rings (SSSR count). The Hall–Kier alpha value is -1.69. The average molecular weight is 222 g/mol. The number of nitrogens with two attached hydrogens (primary N) is 1. The monoisotopic (exact) mass is 222 g/mol. The predicted octanol–water partition coefficient (Wildman–Crippen LogP) is 0.264. The highest BCUT2D eigenvalue weighted by Gasteiger charge is 2.35. The maximum absolute atomic E-state index is 10.8. The number of piperidine rings is 1. The second-order valence-electron chi connectivity index (χ2n) is 3.94. The Kier molecular flexibility index (Phi) is 3.00. The van der Waals surface area contributed by atoms with Crippen LogP contribution in [0.15, 0.2) is 24.4 Å². The molecule has 1 aromatic heterocycles. The fourth-order valence-electron chi connectivity index (χ4n) is 1.92. The zero-order valence-electron chi connectivity index (χ0n) is 8.82. The summed E-state index contributed by atoms with van der Waals surface area (Å²) in [5, 5.41) is 10.8. The Bertz CT molecular complexity index is 370. The zero-order valence-corrected chi connectivity index (χ0v) is 8.82. The first-order valence-electron chi connectivity index (χ1n) is 5.23. The van der Waals surface area contributed by atoms with Gasteiger partial charge in [-0.15, -0.1) is 0 Å². The number of hydrogen-bond acceptors (Lipinski definition) is 5. The maximum atomic E-state index is 10.8. The van der Waals surface area contributed by atoms with Crippen LogP contribution in [0.1, 0.15) is 6.42 Å². The van der Waals surface area contributed by atoms with Crippen molar-refractivity contribution in [3.63, 3.8) is 0 Å². The molecular weight excluding hydrogens is 208 g/mol. The fraction of sp³-hybridized carbons (Fsp3) is 0.500. The van der Waals surface area contributed by atoms with Crippen molar-refractivity contribution in [3.8, 4) is 0 Å². The summed E-state index contributed by atoms with van der Waals surface area (Å²) in [7, 11) is 0. The van der Waals surface area contributed by atoms with Crippen molar-refractivity contribution in [3.05, 3.63) is 34.5 Å². The zero-order chi connectivity index (χ0) is 11.5. The van der Waals surface area contributed by atoms with Gasteiger partial charge in [0.25, 0.3) is 0 Å². The third-order valence-electron chi connectivity index (χ3n) is 2.88. The summed E-state index contributed by atoms with van der Waals surface area (Å²) in [5.74, 6) is 0.779. The number of rotatable bonds is 2. The van der Waals surface area contributed by atoms with Gasteiger partial charge in [0.15, 0.2) is 0 Å². The molecule has 0 radical (unpaired) electrons. The third-order valence-corrected chi connectivity index (χ3v) is 2.88. The minimum Gasteiger partial charge on any atom is -0.350 e. The van der Waals surface area contributed by atoms with Crippen molar-refractivity contribution < 1.29 is 4.92 Å². The van der Waals surface area contributed by atoms with Gasteiger partial charge in [-0.05, 0) is 18.6 Å². The lowest BCUT2D eigenvalue weighted by atomic mass is 10.0. The van der Waals surface area contributed by atoms with E-state index < -0.39 is 6.04 Å². The molecule has 0 saturated carbocycles. The highest BCUT2D eigenvalue weighted by molar-refractivity contribution is 5.38. The van der Waals surface area contributed by atoms with E-state index in [1.165, 1.54) is 0 Å². The van der Waals surface area contributed by atoms with E-state index in [1.54, 1.807) is 6.20 Å². The van der Waals surface area contributed by atoms with Crippen molar-refractivity contribution >= 4 is 5.82 Å². The topological polar surface area (TPSA) is 85.3 Å². The molecule has 1 saturated heterocycles. The van der Waals surface area contributed by atoms with Crippen LogP contribution in [0, 0.1) is 10.1 Å². The van der Waals surface area contributed by atoms with Crippen molar-refractivity contribution in [2.24, 2.45) is 5.73 Å². The van der Waals surface area contributed by atoms with Crippen LogP contribution in [0.2, 0.25) is 0 Å². The Morgan fingerprint density at radius 3 is 3.00 bits per heavy atom. The molecule has 0 spiro atoms. The number of nitro groups is 1. The summed E-state index contributed by atoms with van der Waals surface area (Å²) in [6.45, 7) is 1.06. The minimum absolute atomic E-state index is 0.292. The molecule has 0 aliphatic carbocycles. The van der Waals surface area contributed by atoms with Crippen LogP contribution in [0.25, 0.3) is 0 Å². The third kappa shape index (κ3) is 2.11. The normalized spacial score (nSPS) is 25.4. The standard InChI is InChI=1S/C10H14N4O2/c11-8-4-6-13(7-9(8)14(15)16)10-3-1-2-5-12-10/h1-3,5,8-9H,4,6-7,11H2. The first-order chi connectivity index (χ1) is 7.68. The number of hydrogen-bond donors (Lipinski definition) is 1. The molecule has 1 aliphatic rings. The molecule has 0 bridgehead atoms. The molecule has 2 heterocycles. The Morgan fingerprint density at radius 1 is 1.56 bits per heavy atom. The number of nitrogens with zero attached hydrogens (tertiary/aromatic N) is 3. The van der Waals surface area contributed by atoms with E-state index >= 15 is 0 Å². The van der Waals surface area contributed by atoms with Gasteiger partial charge in [-0.25, -0.2) is 4.98 Å². The van der Waals surface area contributed by atoms with E-state index in [9.17, 15) is 10.1 Å². The van der Waals surface area contributed by atoms with E-state index in [0.717, 1.165) is 12.4 Å². The first-order valence-corrected chi connectivity index (χ1v) is 5.23. The van der Waals surface area contributed by atoms with E-state index in [-0.39, 0.29) is 11.0 Å². The molecule has 1 aromatic rings. The molecule has 0 amide bonds. The van der Waals surface area contributed by atoms with Crippen LogP contribution in [-0.4, -0.2) is 35.1 Å². The lowest BCUT2D eigenvalue weighted by Gasteiger charge is -2.32. The smallest absolute Gasteiger partial charge is 0.245 e. The molecular formula is C10H14N4O2. The molecule has 2 unspecified atom stereocenters. The molecule has 86 valence electrons. The van der Waals surface area contributed by atoms with Crippen LogP contribution in [0.5, 0.6) is 0 Å². The van der Waals surface area contributed by atoms with Gasteiger partial charge in [-0.2, -0.15) is 0 Å². The van der Waals surface area contributed by atoms with Gasteiger partial charge >= 0.3 is 0 Å². The molecule has 6 heteroatoms. The average Bonchev–Trinajstić information content (AvgIpc) is 2.30. The summed E-state index contributed by atoms with van der Waals surface area (Å²) in [6.07, 6.45) is 2.31. The van der Waals surface area contributed by atoms with Gasteiger partial charge in [-0.3, -0.25) is 10.1 Å². The predicted molar refractivity (Wildman–Crippen MR) is 59.8 cm³/mol. The Balaban J connectivity index is 2.12. The summed E-state index contributed by atoms with van der Waals surface area (Å²) in [5.41, 5.74) is 5.73. The van der Waals surface area contributed by atoms with Crippen molar-refractivity contribution in [2.75, 3.05) is 18.0 Å². The highest BCUT2D eigenvalue weighted by atomic mass is 16.6. The second-order valence-corrected chi connectivity index (χ2v) is 3.94. The number of aromatic nitrogens is 1. The van der Waals surface area contributed by atoms with E-state index in [4.69, 9.17) is 5.73 Å². The summed E-state index contributed by atoms with van der Waals surface area (Å²) < 4.78 is 0. The largest absolute Gasteiger partial charge is 0.350 e. The second kappa shape index (κ2) is 4.44. The molecule has 1 aliphatic heterocycles. The molecule has 2 N–H and O–H groups in total. The van der Waals surface area contributed by atoms with Crippen LogP contribution in [0.3, 0.4) is 0 Å². The number of pyridine rings is 1. The van der Waals surface area contributed by atoms with Crippen molar-refractivity contribution in [1.82, 2.24) is 4.98 Å². The van der Waals surface area contributed by atoms with Gasteiger partial charge < -0.3 is 10.6 Å². The van der Waals surface area contributed by atoms with Gasteiger partial charge in [0.2, 0.25) is 6.04 Å². The van der Waals surface area contributed by atoms with Crippen molar-refractivity contribution in [1.29, 1.82) is 0 Å². The summed E-state index contributed by atoms with van der Waals surface area (Å²) in [6, 6.07) is 4.50. The molecule has 2 atom stereocenters. The maximum Gasteiger partial charge on any atom is 0.245 e. The van der Waals surface area contributed by atoms with Crippen LogP contribution in [-0.2, 0) is 0 Å². The Morgan fingerprint density at radius 2 is 2.38 bits per heavy atom. The van der Waals surface area contributed by atoms with Crippen LogP contribution in [0.4, 0.5) is 5.82 Å². The van der Waals surface area contributed by atoms with Gasteiger partial charge in [0, 0.05) is 17.7 Å².